The van der Waals surface area contributed by atoms with Gasteiger partial charge in [-0.05, 0) is 35.4 Å². The molecule has 4 rings (SSSR count). The monoisotopic (exact) mass is 262 g/mol. The molecule has 98 valence electrons. The predicted molar refractivity (Wildman–Crippen MR) is 79.8 cm³/mol. The highest BCUT2D eigenvalue weighted by atomic mass is 16.5. The van der Waals surface area contributed by atoms with E-state index in [2.05, 4.69) is 24.3 Å². The van der Waals surface area contributed by atoms with E-state index >= 15 is 0 Å². The summed E-state index contributed by atoms with van der Waals surface area (Å²) in [4.78, 5) is 0. The molecule has 2 aliphatic heterocycles. The smallest absolute Gasteiger partial charge is 0.127 e. The van der Waals surface area contributed by atoms with Crippen LogP contribution in [0.25, 0.3) is 12.2 Å². The lowest BCUT2D eigenvalue weighted by Crippen LogP contribution is -2.15. The third kappa shape index (κ3) is 1.90. The summed E-state index contributed by atoms with van der Waals surface area (Å²) in [6.45, 7) is 1.21. The third-order valence-electron chi connectivity index (χ3n) is 3.68. The number of benzene rings is 2. The van der Waals surface area contributed by atoms with Gasteiger partial charge in [0.15, 0.2) is 0 Å². The topological polar surface area (TPSA) is 18.5 Å². The second-order valence-electron chi connectivity index (χ2n) is 4.99. The number of fused-ring (bicyclic) bond motifs is 2. The molecule has 2 heteroatoms. The third-order valence-corrected chi connectivity index (χ3v) is 3.68. The van der Waals surface area contributed by atoms with Gasteiger partial charge in [0, 0.05) is 11.1 Å². The maximum atomic E-state index is 5.81. The van der Waals surface area contributed by atoms with Crippen molar-refractivity contribution in [3.63, 3.8) is 0 Å². The maximum absolute atomic E-state index is 5.81. The van der Waals surface area contributed by atoms with Gasteiger partial charge in [-0.1, -0.05) is 36.4 Å². The number of ether oxygens (including phenoxy) is 2. The van der Waals surface area contributed by atoms with Crippen LogP contribution in [0.5, 0.6) is 11.5 Å². The van der Waals surface area contributed by atoms with Gasteiger partial charge in [0.1, 0.15) is 24.7 Å². The Hall–Kier alpha value is -2.48. The Kier molecular flexibility index (Phi) is 2.59. The summed E-state index contributed by atoms with van der Waals surface area (Å²) in [7, 11) is 0. The fraction of sp³-hybridized carbons (Fsp3) is 0.111. The van der Waals surface area contributed by atoms with Crippen LogP contribution >= 0.6 is 0 Å². The Morgan fingerprint density at radius 2 is 1.05 bits per heavy atom. The van der Waals surface area contributed by atoms with Gasteiger partial charge >= 0.3 is 0 Å². The van der Waals surface area contributed by atoms with Gasteiger partial charge in [-0.15, -0.1) is 0 Å². The van der Waals surface area contributed by atoms with Crippen LogP contribution in [0.2, 0.25) is 0 Å². The van der Waals surface area contributed by atoms with Crippen LogP contribution in [0.4, 0.5) is 0 Å². The van der Waals surface area contributed by atoms with Gasteiger partial charge in [-0.25, -0.2) is 0 Å². The summed E-state index contributed by atoms with van der Waals surface area (Å²) in [5.41, 5.74) is 4.65. The molecule has 0 aromatic heterocycles. The molecule has 2 aromatic carbocycles. The average Bonchev–Trinajstić information content (AvgIpc) is 2.54. The van der Waals surface area contributed by atoms with E-state index in [1.54, 1.807) is 0 Å². The molecular weight excluding hydrogens is 248 g/mol. The summed E-state index contributed by atoms with van der Waals surface area (Å²) in [5.74, 6) is 1.91. The highest BCUT2D eigenvalue weighted by molar-refractivity contribution is 5.73. The van der Waals surface area contributed by atoms with E-state index < -0.39 is 0 Å². The van der Waals surface area contributed by atoms with E-state index in [0.29, 0.717) is 13.2 Å². The Balaban J connectivity index is 1.74. The SMILES string of the molecule is C1=C(C2=Cc3ccccc3OC2)COc2ccccc21. The summed E-state index contributed by atoms with van der Waals surface area (Å²) in [5, 5.41) is 0. The molecule has 0 unspecified atom stereocenters. The Morgan fingerprint density at radius 1 is 0.600 bits per heavy atom. The zero-order valence-electron chi connectivity index (χ0n) is 11.0. The zero-order valence-corrected chi connectivity index (χ0v) is 11.0. The maximum Gasteiger partial charge on any atom is 0.127 e. The van der Waals surface area contributed by atoms with E-state index in [-0.39, 0.29) is 0 Å². The fourth-order valence-electron chi connectivity index (χ4n) is 2.60. The Morgan fingerprint density at radius 3 is 1.55 bits per heavy atom. The molecule has 0 saturated heterocycles. The average molecular weight is 262 g/mol. The summed E-state index contributed by atoms with van der Waals surface area (Å²) >= 11 is 0. The minimum atomic E-state index is 0.606. The van der Waals surface area contributed by atoms with Crippen molar-refractivity contribution in [3.05, 3.63) is 70.8 Å². The Bertz CT molecular complexity index is 662. The van der Waals surface area contributed by atoms with Crippen LogP contribution in [0, 0.1) is 0 Å². The molecule has 0 fully saturated rings. The van der Waals surface area contributed by atoms with Gasteiger partial charge in [-0.3, -0.25) is 0 Å². The summed E-state index contributed by atoms with van der Waals surface area (Å²) in [6, 6.07) is 16.2. The first-order chi connectivity index (χ1) is 9.90. The second kappa shape index (κ2) is 4.57. The van der Waals surface area contributed by atoms with Gasteiger partial charge < -0.3 is 9.47 Å². The fourth-order valence-corrected chi connectivity index (χ4v) is 2.60. The van der Waals surface area contributed by atoms with E-state index in [0.717, 1.165) is 22.6 Å². The molecule has 2 nitrogen and oxygen atoms in total. The van der Waals surface area contributed by atoms with E-state index in [9.17, 15) is 0 Å². The minimum absolute atomic E-state index is 0.606. The van der Waals surface area contributed by atoms with Gasteiger partial charge in [0.25, 0.3) is 0 Å². The predicted octanol–water partition coefficient (Wildman–Crippen LogP) is 3.94. The van der Waals surface area contributed by atoms with Crippen LogP contribution in [0.3, 0.4) is 0 Å². The van der Waals surface area contributed by atoms with Crippen molar-refractivity contribution in [3.8, 4) is 11.5 Å². The van der Waals surface area contributed by atoms with E-state index in [4.69, 9.17) is 9.47 Å². The first-order valence-corrected chi connectivity index (χ1v) is 6.75. The van der Waals surface area contributed by atoms with Crippen molar-refractivity contribution in [1.29, 1.82) is 0 Å². The molecular formula is C18H14O2. The van der Waals surface area contributed by atoms with Crippen LogP contribution in [-0.2, 0) is 0 Å². The molecule has 2 aliphatic rings. The molecule has 0 spiro atoms. The van der Waals surface area contributed by atoms with Crippen LogP contribution in [0.15, 0.2) is 59.7 Å². The molecule has 0 aliphatic carbocycles. The molecule has 2 aromatic rings. The summed E-state index contributed by atoms with van der Waals surface area (Å²) in [6.07, 6.45) is 4.39. The van der Waals surface area contributed by atoms with Crippen LogP contribution < -0.4 is 9.47 Å². The molecule has 0 N–H and O–H groups in total. The standard InChI is InChI=1S/C18H14O2/c1-3-7-17-13(5-1)9-15(11-19-17)16-10-14-6-2-4-8-18(14)20-12-16/h1-10H,11-12H2. The minimum Gasteiger partial charge on any atom is -0.488 e. The molecule has 20 heavy (non-hydrogen) atoms. The first kappa shape index (κ1) is 11.4. The largest absolute Gasteiger partial charge is 0.488 e. The first-order valence-electron chi connectivity index (χ1n) is 6.75. The number of rotatable bonds is 1. The molecule has 2 heterocycles. The molecule has 0 bridgehead atoms. The van der Waals surface area contributed by atoms with Crippen molar-refractivity contribution in [2.24, 2.45) is 0 Å². The number of hydrogen-bond acceptors (Lipinski definition) is 2. The molecule has 0 atom stereocenters. The van der Waals surface area contributed by atoms with E-state index in [1.807, 2.05) is 36.4 Å². The zero-order chi connectivity index (χ0) is 13.4. The highest BCUT2D eigenvalue weighted by Gasteiger charge is 2.18. The molecule has 0 amide bonds. The van der Waals surface area contributed by atoms with Crippen molar-refractivity contribution in [2.45, 2.75) is 0 Å². The number of hydrogen-bond donors (Lipinski definition) is 0. The second-order valence-corrected chi connectivity index (χ2v) is 4.99. The summed E-state index contributed by atoms with van der Waals surface area (Å²) < 4.78 is 11.6. The van der Waals surface area contributed by atoms with Gasteiger partial charge in [0.05, 0.1) is 0 Å². The van der Waals surface area contributed by atoms with Crippen molar-refractivity contribution >= 4 is 12.2 Å². The van der Waals surface area contributed by atoms with Crippen LogP contribution in [0.1, 0.15) is 11.1 Å². The van der Waals surface area contributed by atoms with E-state index in [1.165, 1.54) is 11.1 Å². The molecule has 0 saturated carbocycles. The lowest BCUT2D eigenvalue weighted by molar-refractivity contribution is 0.328. The quantitative estimate of drug-likeness (QED) is 0.775. The van der Waals surface area contributed by atoms with Gasteiger partial charge in [0.2, 0.25) is 0 Å². The lowest BCUT2D eigenvalue weighted by Gasteiger charge is -2.23. The van der Waals surface area contributed by atoms with Crippen molar-refractivity contribution < 1.29 is 9.47 Å². The van der Waals surface area contributed by atoms with Crippen LogP contribution in [-0.4, -0.2) is 13.2 Å². The Labute approximate surface area is 118 Å². The normalized spacial score (nSPS) is 16.0. The highest BCUT2D eigenvalue weighted by Crippen LogP contribution is 2.33. The lowest BCUT2D eigenvalue weighted by atomic mass is 9.98. The molecule has 0 radical (unpaired) electrons. The van der Waals surface area contributed by atoms with Gasteiger partial charge in [-0.2, -0.15) is 0 Å². The van der Waals surface area contributed by atoms with Crippen molar-refractivity contribution in [2.75, 3.05) is 13.2 Å². The number of para-hydroxylation sites is 2. The van der Waals surface area contributed by atoms with Crippen molar-refractivity contribution in [1.82, 2.24) is 0 Å².